The fraction of sp³-hybridized carbons (Fsp3) is 0.333. The lowest BCUT2D eigenvalue weighted by molar-refractivity contribution is -0.119. The van der Waals surface area contributed by atoms with Crippen LogP contribution in [0.1, 0.15) is 43.0 Å². The number of carbonyl (C=O) groups is 2. The molecule has 0 saturated carbocycles. The van der Waals surface area contributed by atoms with E-state index in [0.29, 0.717) is 0 Å². The van der Waals surface area contributed by atoms with Crippen LogP contribution >= 0.6 is 0 Å². The average Bonchev–Trinajstić information content (AvgIpc) is 2.64. The van der Waals surface area contributed by atoms with E-state index in [1.807, 2.05) is 75.4 Å². The number of benzene rings is 2. The monoisotopic (exact) mass is 353 g/mol. The number of aryl methyl sites for hydroxylation is 1. The lowest BCUT2D eigenvalue weighted by atomic mass is 9.98. The quantitative estimate of drug-likeness (QED) is 0.715. The van der Waals surface area contributed by atoms with Crippen LogP contribution in [0.2, 0.25) is 0 Å². The Balaban J connectivity index is 2.02. The van der Waals surface area contributed by atoms with E-state index >= 15 is 0 Å². The van der Waals surface area contributed by atoms with Gasteiger partial charge in [-0.15, -0.1) is 0 Å². The highest BCUT2D eigenvalue weighted by Crippen LogP contribution is 2.22. The number of nitrogens with one attached hydrogen (secondary N) is 3. The highest BCUT2D eigenvalue weighted by atomic mass is 16.2. The maximum atomic E-state index is 12.1. The van der Waals surface area contributed by atoms with Crippen molar-refractivity contribution in [2.75, 3.05) is 6.54 Å². The Bertz CT molecular complexity index is 714. The topological polar surface area (TPSA) is 70.2 Å². The molecule has 2 rings (SSSR count). The summed E-state index contributed by atoms with van der Waals surface area (Å²) in [6.45, 7) is 5.95. The van der Waals surface area contributed by atoms with Crippen molar-refractivity contribution in [1.29, 1.82) is 0 Å². The van der Waals surface area contributed by atoms with Crippen molar-refractivity contribution in [3.63, 3.8) is 0 Å². The lowest BCUT2D eigenvalue weighted by Gasteiger charge is -2.20. The molecule has 0 aliphatic heterocycles. The van der Waals surface area contributed by atoms with E-state index < -0.39 is 6.03 Å². The van der Waals surface area contributed by atoms with Crippen LogP contribution in [0.25, 0.3) is 0 Å². The predicted octanol–water partition coefficient (Wildman–Crippen LogP) is 3.30. The first kappa shape index (κ1) is 19.7. The molecule has 5 heteroatoms. The Morgan fingerprint density at radius 3 is 2.19 bits per heavy atom. The molecule has 0 unspecified atom stereocenters. The summed E-state index contributed by atoms with van der Waals surface area (Å²) in [5.74, 6) is -0.362. The van der Waals surface area contributed by atoms with Crippen LogP contribution in [0.15, 0.2) is 54.6 Å². The number of carbonyl (C=O) groups excluding carboxylic acids is 2. The third-order valence-corrected chi connectivity index (χ3v) is 4.25. The summed E-state index contributed by atoms with van der Waals surface area (Å²) < 4.78 is 0. The molecule has 26 heavy (non-hydrogen) atoms. The van der Waals surface area contributed by atoms with Gasteiger partial charge in [-0.1, -0.05) is 67.1 Å². The van der Waals surface area contributed by atoms with E-state index in [1.54, 1.807) is 0 Å². The second-order valence-corrected chi connectivity index (χ2v) is 6.47. The first-order valence-electron chi connectivity index (χ1n) is 8.94. The molecule has 0 saturated heterocycles. The molecular weight excluding hydrogens is 326 g/mol. The van der Waals surface area contributed by atoms with Gasteiger partial charge in [-0.05, 0) is 31.4 Å². The van der Waals surface area contributed by atoms with Crippen molar-refractivity contribution in [2.45, 2.75) is 39.3 Å². The first-order valence-corrected chi connectivity index (χ1v) is 8.94. The molecule has 3 amide bonds. The van der Waals surface area contributed by atoms with E-state index in [4.69, 9.17) is 0 Å². The fourth-order valence-electron chi connectivity index (χ4n) is 2.56. The van der Waals surface area contributed by atoms with Gasteiger partial charge in [0.25, 0.3) is 0 Å². The fourth-order valence-corrected chi connectivity index (χ4v) is 2.56. The number of hydrogen-bond donors (Lipinski definition) is 3. The van der Waals surface area contributed by atoms with E-state index in [-0.39, 0.29) is 24.5 Å². The molecule has 0 aromatic heterocycles. The highest BCUT2D eigenvalue weighted by molar-refractivity contribution is 5.95. The minimum absolute atomic E-state index is 0.0281. The molecule has 0 heterocycles. The molecule has 138 valence electrons. The largest absolute Gasteiger partial charge is 0.335 e. The predicted molar refractivity (Wildman–Crippen MR) is 104 cm³/mol. The van der Waals surface area contributed by atoms with Crippen LogP contribution in [0.3, 0.4) is 0 Å². The summed E-state index contributed by atoms with van der Waals surface area (Å²) in [4.78, 5) is 23.9. The van der Waals surface area contributed by atoms with Gasteiger partial charge in [0.2, 0.25) is 5.91 Å². The summed E-state index contributed by atoms with van der Waals surface area (Å²) in [5, 5.41) is 8.33. The third-order valence-electron chi connectivity index (χ3n) is 4.25. The zero-order chi connectivity index (χ0) is 18.9. The van der Waals surface area contributed by atoms with Crippen molar-refractivity contribution in [3.8, 4) is 0 Å². The molecule has 5 nitrogen and oxygen atoms in total. The molecule has 0 radical (unpaired) electrons. The Morgan fingerprint density at radius 1 is 0.962 bits per heavy atom. The minimum Gasteiger partial charge on any atom is -0.335 e. The first-order chi connectivity index (χ1) is 12.5. The van der Waals surface area contributed by atoms with Crippen LogP contribution in [0.4, 0.5) is 4.79 Å². The lowest BCUT2D eigenvalue weighted by Crippen LogP contribution is -2.46. The van der Waals surface area contributed by atoms with Gasteiger partial charge in [-0.3, -0.25) is 15.4 Å². The maximum absolute atomic E-state index is 12.1. The SMILES string of the molecule is CC[C@H](C)NC(=O)NC(=O)CN[C@@H](c1ccccc1)c1ccc(C)cc1. The highest BCUT2D eigenvalue weighted by Gasteiger charge is 2.16. The summed E-state index contributed by atoms with van der Waals surface area (Å²) in [5.41, 5.74) is 3.31. The Hall–Kier alpha value is -2.66. The standard InChI is InChI=1S/C21H27N3O2/c1-4-16(3)23-21(26)24-19(25)14-22-20(17-8-6-5-7-9-17)18-12-10-15(2)11-13-18/h5-13,16,20,22H,4,14H2,1-3H3,(H2,23,24,25,26)/t16-,20-/m0/s1. The normalized spacial score (nSPS) is 12.9. The molecule has 0 aliphatic rings. The molecule has 0 spiro atoms. The van der Waals surface area contributed by atoms with Gasteiger partial charge in [0, 0.05) is 6.04 Å². The third kappa shape index (κ3) is 6.01. The van der Waals surface area contributed by atoms with Gasteiger partial charge in [-0.25, -0.2) is 4.79 Å². The average molecular weight is 353 g/mol. The molecule has 2 aromatic carbocycles. The van der Waals surface area contributed by atoms with Crippen LogP contribution in [-0.4, -0.2) is 24.5 Å². The van der Waals surface area contributed by atoms with Crippen molar-refractivity contribution < 1.29 is 9.59 Å². The van der Waals surface area contributed by atoms with Gasteiger partial charge in [0.1, 0.15) is 0 Å². The van der Waals surface area contributed by atoms with E-state index in [0.717, 1.165) is 17.5 Å². The number of hydrogen-bond acceptors (Lipinski definition) is 3. The number of amides is 3. The van der Waals surface area contributed by atoms with Crippen LogP contribution < -0.4 is 16.0 Å². The second-order valence-electron chi connectivity index (χ2n) is 6.47. The number of rotatable bonds is 7. The van der Waals surface area contributed by atoms with Crippen LogP contribution in [0, 0.1) is 6.92 Å². The van der Waals surface area contributed by atoms with Crippen molar-refractivity contribution in [3.05, 3.63) is 71.3 Å². The summed E-state index contributed by atoms with van der Waals surface area (Å²) in [7, 11) is 0. The molecule has 0 bridgehead atoms. The number of imide groups is 1. The maximum Gasteiger partial charge on any atom is 0.321 e. The Labute approximate surface area is 155 Å². The van der Waals surface area contributed by atoms with Crippen LogP contribution in [0.5, 0.6) is 0 Å². The molecule has 2 aromatic rings. The zero-order valence-corrected chi connectivity index (χ0v) is 15.6. The summed E-state index contributed by atoms with van der Waals surface area (Å²) >= 11 is 0. The molecule has 2 atom stereocenters. The van der Waals surface area contributed by atoms with Crippen molar-refractivity contribution >= 4 is 11.9 Å². The van der Waals surface area contributed by atoms with Crippen molar-refractivity contribution in [1.82, 2.24) is 16.0 Å². The Morgan fingerprint density at radius 2 is 1.58 bits per heavy atom. The molecule has 0 fully saturated rings. The summed E-state index contributed by atoms with van der Waals surface area (Å²) in [6, 6.07) is 17.6. The summed E-state index contributed by atoms with van der Waals surface area (Å²) in [6.07, 6.45) is 0.809. The van der Waals surface area contributed by atoms with Gasteiger partial charge in [-0.2, -0.15) is 0 Å². The number of urea groups is 1. The van der Waals surface area contributed by atoms with Gasteiger partial charge in [0.15, 0.2) is 0 Å². The zero-order valence-electron chi connectivity index (χ0n) is 15.6. The molecule has 3 N–H and O–H groups in total. The van der Waals surface area contributed by atoms with Gasteiger partial charge in [0.05, 0.1) is 12.6 Å². The molecule has 0 aliphatic carbocycles. The van der Waals surface area contributed by atoms with Gasteiger partial charge < -0.3 is 5.32 Å². The van der Waals surface area contributed by atoms with Gasteiger partial charge >= 0.3 is 6.03 Å². The van der Waals surface area contributed by atoms with E-state index in [2.05, 4.69) is 16.0 Å². The van der Waals surface area contributed by atoms with Crippen molar-refractivity contribution in [2.24, 2.45) is 0 Å². The molecular formula is C21H27N3O2. The Kier molecular flexibility index (Phi) is 7.36. The van der Waals surface area contributed by atoms with E-state index in [9.17, 15) is 9.59 Å². The van der Waals surface area contributed by atoms with E-state index in [1.165, 1.54) is 5.56 Å². The van der Waals surface area contributed by atoms with Crippen LogP contribution in [-0.2, 0) is 4.79 Å². The minimum atomic E-state index is -0.460. The second kappa shape index (κ2) is 9.73. The smallest absolute Gasteiger partial charge is 0.321 e.